The average molecular weight is 260 g/mol. The van der Waals surface area contributed by atoms with Crippen LogP contribution in [0, 0.1) is 6.92 Å². The van der Waals surface area contributed by atoms with Gasteiger partial charge in [-0.25, -0.2) is 0 Å². The maximum atomic E-state index is 12.0. The molecule has 1 aliphatic rings. The van der Waals surface area contributed by atoms with Crippen molar-refractivity contribution >= 4 is 5.91 Å². The summed E-state index contributed by atoms with van der Waals surface area (Å²) in [5.41, 5.74) is 2.03. The standard InChI is InChI=1S/C15H20N2O2/c1-11-7-9-16-14(18)13(11)15(19)17-10-8-12-5-3-2-4-6-12/h5,7,9H,2-4,6,8,10H2,1H3,(H,16,18)(H,17,19). The van der Waals surface area contributed by atoms with Gasteiger partial charge in [-0.2, -0.15) is 0 Å². The Kier molecular flexibility index (Phi) is 4.55. The maximum Gasteiger partial charge on any atom is 0.261 e. The molecule has 1 aromatic rings. The fourth-order valence-electron chi connectivity index (χ4n) is 2.42. The summed E-state index contributed by atoms with van der Waals surface area (Å²) in [4.78, 5) is 26.1. The zero-order valence-corrected chi connectivity index (χ0v) is 11.3. The second kappa shape index (κ2) is 6.36. The van der Waals surface area contributed by atoms with Gasteiger partial charge in [0.15, 0.2) is 0 Å². The Morgan fingerprint density at radius 3 is 2.95 bits per heavy atom. The van der Waals surface area contributed by atoms with Crippen LogP contribution >= 0.6 is 0 Å². The summed E-state index contributed by atoms with van der Waals surface area (Å²) in [6.07, 6.45) is 9.53. The van der Waals surface area contributed by atoms with Gasteiger partial charge in [0.25, 0.3) is 11.5 Å². The summed E-state index contributed by atoms with van der Waals surface area (Å²) >= 11 is 0. The van der Waals surface area contributed by atoms with E-state index < -0.39 is 0 Å². The van der Waals surface area contributed by atoms with Gasteiger partial charge in [0.2, 0.25) is 0 Å². The normalized spacial score (nSPS) is 14.9. The number of aromatic nitrogens is 1. The van der Waals surface area contributed by atoms with Gasteiger partial charge < -0.3 is 10.3 Å². The molecular formula is C15H20N2O2. The van der Waals surface area contributed by atoms with E-state index in [2.05, 4.69) is 16.4 Å². The number of rotatable bonds is 4. The lowest BCUT2D eigenvalue weighted by molar-refractivity contribution is 0.0952. The highest BCUT2D eigenvalue weighted by molar-refractivity contribution is 5.95. The van der Waals surface area contributed by atoms with Crippen LogP contribution in [0.2, 0.25) is 0 Å². The molecule has 19 heavy (non-hydrogen) atoms. The fraction of sp³-hybridized carbons (Fsp3) is 0.467. The van der Waals surface area contributed by atoms with Crippen LogP contribution in [0.25, 0.3) is 0 Å². The van der Waals surface area contributed by atoms with Gasteiger partial charge in [-0.3, -0.25) is 9.59 Å². The Morgan fingerprint density at radius 1 is 1.42 bits per heavy atom. The summed E-state index contributed by atoms with van der Waals surface area (Å²) in [6.45, 7) is 2.37. The molecule has 0 fully saturated rings. The van der Waals surface area contributed by atoms with Crippen molar-refractivity contribution < 1.29 is 4.79 Å². The summed E-state index contributed by atoms with van der Waals surface area (Å²) in [6, 6.07) is 1.74. The van der Waals surface area contributed by atoms with Crippen molar-refractivity contribution in [3.63, 3.8) is 0 Å². The molecule has 4 nitrogen and oxygen atoms in total. The average Bonchev–Trinajstić information content (AvgIpc) is 2.40. The molecule has 4 heteroatoms. The third kappa shape index (κ3) is 3.56. The highest BCUT2D eigenvalue weighted by atomic mass is 16.2. The summed E-state index contributed by atoms with van der Waals surface area (Å²) in [7, 11) is 0. The van der Waals surface area contributed by atoms with Gasteiger partial charge >= 0.3 is 0 Å². The lowest BCUT2D eigenvalue weighted by atomic mass is 9.97. The number of carbonyl (C=O) groups excluding carboxylic acids is 1. The molecule has 1 aliphatic carbocycles. The molecule has 1 amide bonds. The van der Waals surface area contributed by atoms with Gasteiger partial charge in [0.05, 0.1) is 0 Å². The monoisotopic (exact) mass is 260 g/mol. The minimum atomic E-state index is -0.325. The maximum absolute atomic E-state index is 12.0. The van der Waals surface area contributed by atoms with E-state index in [0.717, 1.165) is 19.3 Å². The van der Waals surface area contributed by atoms with Gasteiger partial charge in [0, 0.05) is 12.7 Å². The molecule has 1 aromatic heterocycles. The third-order valence-electron chi connectivity index (χ3n) is 3.51. The van der Waals surface area contributed by atoms with Crippen LogP contribution in [-0.4, -0.2) is 17.4 Å². The van der Waals surface area contributed by atoms with E-state index in [4.69, 9.17) is 0 Å². The van der Waals surface area contributed by atoms with Crippen LogP contribution in [0.3, 0.4) is 0 Å². The van der Waals surface area contributed by atoms with Gasteiger partial charge in [0.1, 0.15) is 5.56 Å². The lowest BCUT2D eigenvalue weighted by Crippen LogP contribution is -2.31. The molecule has 0 saturated carbocycles. The minimum Gasteiger partial charge on any atom is -0.352 e. The Labute approximate surface area is 112 Å². The lowest BCUT2D eigenvalue weighted by Gasteiger charge is -2.13. The Balaban J connectivity index is 1.91. The molecule has 0 aromatic carbocycles. The Bertz CT molecular complexity index is 543. The number of hydrogen-bond donors (Lipinski definition) is 2. The van der Waals surface area contributed by atoms with E-state index >= 15 is 0 Å². The zero-order valence-electron chi connectivity index (χ0n) is 11.3. The summed E-state index contributed by atoms with van der Waals surface area (Å²) < 4.78 is 0. The Hall–Kier alpha value is -1.84. The first-order valence-electron chi connectivity index (χ1n) is 6.83. The van der Waals surface area contributed by atoms with Crippen molar-refractivity contribution in [2.24, 2.45) is 0 Å². The number of allylic oxidation sites excluding steroid dienone is 1. The minimum absolute atomic E-state index is 0.222. The van der Waals surface area contributed by atoms with E-state index in [1.165, 1.54) is 18.4 Å². The van der Waals surface area contributed by atoms with E-state index in [9.17, 15) is 9.59 Å². The topological polar surface area (TPSA) is 62.0 Å². The predicted octanol–water partition coefficient (Wildman–Crippen LogP) is 2.30. The van der Waals surface area contributed by atoms with Crippen LogP contribution in [0.1, 0.15) is 48.0 Å². The molecule has 0 bridgehead atoms. The van der Waals surface area contributed by atoms with Crippen LogP contribution in [0.5, 0.6) is 0 Å². The number of pyridine rings is 1. The zero-order chi connectivity index (χ0) is 13.7. The van der Waals surface area contributed by atoms with Crippen molar-refractivity contribution in [3.05, 3.63) is 45.4 Å². The molecular weight excluding hydrogens is 240 g/mol. The van der Waals surface area contributed by atoms with Crippen LogP contribution in [0.4, 0.5) is 0 Å². The van der Waals surface area contributed by atoms with Crippen LogP contribution in [0.15, 0.2) is 28.7 Å². The first kappa shape index (κ1) is 13.6. The SMILES string of the molecule is Cc1cc[nH]c(=O)c1C(=O)NCCC1=CCCCC1. The number of H-pyrrole nitrogens is 1. The molecule has 0 spiro atoms. The molecule has 0 saturated heterocycles. The van der Waals surface area contributed by atoms with Crippen molar-refractivity contribution in [2.45, 2.75) is 39.0 Å². The van der Waals surface area contributed by atoms with Crippen LogP contribution < -0.4 is 10.9 Å². The van der Waals surface area contributed by atoms with Crippen LogP contribution in [-0.2, 0) is 0 Å². The van der Waals surface area contributed by atoms with E-state index in [1.54, 1.807) is 19.2 Å². The Morgan fingerprint density at radius 2 is 2.26 bits per heavy atom. The first-order valence-corrected chi connectivity index (χ1v) is 6.83. The predicted molar refractivity (Wildman–Crippen MR) is 75.3 cm³/mol. The quantitative estimate of drug-likeness (QED) is 0.816. The second-order valence-electron chi connectivity index (χ2n) is 4.98. The van der Waals surface area contributed by atoms with Crippen molar-refractivity contribution in [1.82, 2.24) is 10.3 Å². The highest BCUT2D eigenvalue weighted by Crippen LogP contribution is 2.19. The van der Waals surface area contributed by atoms with Crippen molar-refractivity contribution in [2.75, 3.05) is 6.54 Å². The van der Waals surface area contributed by atoms with Gasteiger partial charge in [-0.1, -0.05) is 11.6 Å². The molecule has 0 radical (unpaired) electrons. The molecule has 2 rings (SSSR count). The smallest absolute Gasteiger partial charge is 0.261 e. The first-order chi connectivity index (χ1) is 9.18. The largest absolute Gasteiger partial charge is 0.352 e. The number of carbonyl (C=O) groups is 1. The van der Waals surface area contributed by atoms with Crippen molar-refractivity contribution in [3.8, 4) is 0 Å². The van der Waals surface area contributed by atoms with E-state index in [1.807, 2.05) is 0 Å². The molecule has 0 atom stereocenters. The van der Waals surface area contributed by atoms with Gasteiger partial charge in [-0.15, -0.1) is 0 Å². The highest BCUT2D eigenvalue weighted by Gasteiger charge is 2.13. The van der Waals surface area contributed by atoms with Gasteiger partial charge in [-0.05, 0) is 50.7 Å². The molecule has 102 valence electrons. The second-order valence-corrected chi connectivity index (χ2v) is 4.98. The molecule has 1 heterocycles. The number of amides is 1. The molecule has 0 aliphatic heterocycles. The number of aromatic amines is 1. The van der Waals surface area contributed by atoms with E-state index in [0.29, 0.717) is 12.1 Å². The number of nitrogens with one attached hydrogen (secondary N) is 2. The van der Waals surface area contributed by atoms with Crippen molar-refractivity contribution in [1.29, 1.82) is 0 Å². The summed E-state index contributed by atoms with van der Waals surface area (Å²) in [5.74, 6) is -0.282. The van der Waals surface area contributed by atoms with E-state index in [-0.39, 0.29) is 17.0 Å². The molecule has 0 unspecified atom stereocenters. The number of hydrogen-bond acceptors (Lipinski definition) is 2. The summed E-state index contributed by atoms with van der Waals surface area (Å²) in [5, 5.41) is 2.83. The number of aryl methyl sites for hydroxylation is 1. The fourth-order valence-corrected chi connectivity index (χ4v) is 2.42. The third-order valence-corrected chi connectivity index (χ3v) is 3.51. The molecule has 2 N–H and O–H groups in total.